The maximum Gasteiger partial charge on any atom is 0.261 e. The van der Waals surface area contributed by atoms with Gasteiger partial charge in [-0.3, -0.25) is 14.0 Å². The fraction of sp³-hybridized carbons (Fsp3) is 0.435. The molecule has 172 valence electrons. The quantitative estimate of drug-likeness (QED) is 0.691. The van der Waals surface area contributed by atoms with Crippen molar-refractivity contribution in [2.45, 2.75) is 38.5 Å². The first-order valence-electron chi connectivity index (χ1n) is 10.8. The average Bonchev–Trinajstić information content (AvgIpc) is 3.17. The summed E-state index contributed by atoms with van der Waals surface area (Å²) in [6, 6.07) is 13.0. The van der Waals surface area contributed by atoms with Crippen LogP contribution in [0.2, 0.25) is 5.02 Å². The number of hydrogen-bond acceptors (Lipinski definition) is 5. The highest BCUT2D eigenvalue weighted by Gasteiger charge is 2.31. The molecule has 32 heavy (non-hydrogen) atoms. The molecule has 0 aliphatic carbocycles. The molecular formula is C23H28ClN3O4S. The van der Waals surface area contributed by atoms with Crippen LogP contribution < -0.4 is 14.4 Å². The lowest BCUT2D eigenvalue weighted by molar-refractivity contribution is -0.128. The maximum atomic E-state index is 12.8. The zero-order chi connectivity index (χ0) is 22.7. The number of fused-ring (bicyclic) bond motifs is 1. The van der Waals surface area contributed by atoms with Crippen molar-refractivity contribution < 1.29 is 17.9 Å². The van der Waals surface area contributed by atoms with E-state index in [-0.39, 0.29) is 18.9 Å². The summed E-state index contributed by atoms with van der Waals surface area (Å²) in [6.45, 7) is 3.79. The molecule has 4 rings (SSSR count). The second-order valence-electron chi connectivity index (χ2n) is 8.36. The Balaban J connectivity index is 1.38. The van der Waals surface area contributed by atoms with Crippen molar-refractivity contribution in [1.29, 1.82) is 0 Å². The second kappa shape index (κ2) is 9.68. The Morgan fingerprint density at radius 1 is 1.09 bits per heavy atom. The summed E-state index contributed by atoms with van der Waals surface area (Å²) in [5, 5.41) is 3.32. The van der Waals surface area contributed by atoms with Crippen molar-refractivity contribution in [2.24, 2.45) is 0 Å². The van der Waals surface area contributed by atoms with Gasteiger partial charge in [0.1, 0.15) is 5.75 Å². The molecule has 9 heteroatoms. The number of anilines is 1. The van der Waals surface area contributed by atoms with E-state index >= 15 is 0 Å². The van der Waals surface area contributed by atoms with E-state index in [0.717, 1.165) is 31.5 Å². The predicted octanol–water partition coefficient (Wildman–Crippen LogP) is 3.17. The molecule has 0 spiro atoms. The van der Waals surface area contributed by atoms with Gasteiger partial charge in [0, 0.05) is 31.1 Å². The van der Waals surface area contributed by atoms with Gasteiger partial charge in [-0.1, -0.05) is 35.9 Å². The number of benzene rings is 2. The van der Waals surface area contributed by atoms with Gasteiger partial charge in [0.15, 0.2) is 6.10 Å². The van der Waals surface area contributed by atoms with E-state index in [1.165, 1.54) is 22.7 Å². The van der Waals surface area contributed by atoms with Crippen molar-refractivity contribution in [3.63, 3.8) is 0 Å². The topological polar surface area (TPSA) is 79.0 Å². The number of amides is 1. The number of rotatable bonds is 6. The fourth-order valence-corrected chi connectivity index (χ4v) is 5.25. The zero-order valence-corrected chi connectivity index (χ0v) is 19.7. The van der Waals surface area contributed by atoms with Gasteiger partial charge in [-0.15, -0.1) is 0 Å². The molecule has 1 fully saturated rings. The molecule has 2 heterocycles. The molecule has 0 bridgehead atoms. The molecule has 7 nitrogen and oxygen atoms in total. The Morgan fingerprint density at radius 2 is 1.78 bits per heavy atom. The number of nitrogens with zero attached hydrogens (tertiary/aromatic N) is 2. The Hall–Kier alpha value is -2.29. The smallest absolute Gasteiger partial charge is 0.261 e. The molecule has 0 radical (unpaired) electrons. The van der Waals surface area contributed by atoms with Crippen LogP contribution in [0, 0.1) is 0 Å². The Morgan fingerprint density at radius 3 is 2.47 bits per heavy atom. The lowest BCUT2D eigenvalue weighted by atomic mass is 10.1. The van der Waals surface area contributed by atoms with Gasteiger partial charge in [-0.2, -0.15) is 0 Å². The van der Waals surface area contributed by atoms with Gasteiger partial charge in [0.2, 0.25) is 10.0 Å². The first-order valence-corrected chi connectivity index (χ1v) is 13.0. The molecule has 1 amide bonds. The largest absolute Gasteiger partial charge is 0.478 e. The second-order valence-corrected chi connectivity index (χ2v) is 10.7. The summed E-state index contributed by atoms with van der Waals surface area (Å²) in [4.78, 5) is 15.3. The lowest BCUT2D eigenvalue weighted by Gasteiger charge is -2.21. The van der Waals surface area contributed by atoms with E-state index < -0.39 is 16.1 Å². The van der Waals surface area contributed by atoms with Crippen molar-refractivity contribution in [3.8, 4) is 5.75 Å². The van der Waals surface area contributed by atoms with Gasteiger partial charge < -0.3 is 10.1 Å². The predicted molar refractivity (Wildman–Crippen MR) is 125 cm³/mol. The van der Waals surface area contributed by atoms with Crippen LogP contribution in [0.3, 0.4) is 0 Å². The summed E-state index contributed by atoms with van der Waals surface area (Å²) in [7, 11) is -3.54. The van der Waals surface area contributed by atoms with E-state index in [1.807, 2.05) is 12.1 Å². The average molecular weight is 478 g/mol. The van der Waals surface area contributed by atoms with Crippen LogP contribution in [0.4, 0.5) is 5.69 Å². The molecule has 0 saturated carbocycles. The minimum atomic E-state index is -3.54. The summed E-state index contributed by atoms with van der Waals surface area (Å²) < 4.78 is 31.7. The third-order valence-corrected chi connectivity index (χ3v) is 7.26. The van der Waals surface area contributed by atoms with Crippen LogP contribution in [0.5, 0.6) is 5.75 Å². The molecule has 1 N–H and O–H groups in total. The highest BCUT2D eigenvalue weighted by Crippen LogP contribution is 2.36. The van der Waals surface area contributed by atoms with Crippen LogP contribution >= 0.6 is 11.6 Å². The molecular weight excluding hydrogens is 450 g/mol. The zero-order valence-electron chi connectivity index (χ0n) is 18.1. The van der Waals surface area contributed by atoms with E-state index in [0.29, 0.717) is 23.0 Å². The Kier molecular flexibility index (Phi) is 6.93. The summed E-state index contributed by atoms with van der Waals surface area (Å²) in [5.74, 6) is 0.0473. The molecule has 1 atom stereocenters. The third kappa shape index (κ3) is 5.54. The standard InChI is InChI=1S/C23H28ClN3O4S/c1-32(29,30)27-13-10-22(31-21-9-8-19(24)14-20(21)27)23(28)25-15-17-4-6-18(7-5-17)16-26-11-2-3-12-26/h4-9,14,22H,2-3,10-13,15-16H2,1H3,(H,25,28). The van der Waals surface area contributed by atoms with Gasteiger partial charge in [0.25, 0.3) is 5.91 Å². The number of carbonyl (C=O) groups is 1. The van der Waals surface area contributed by atoms with Crippen LogP contribution in [-0.2, 0) is 27.9 Å². The van der Waals surface area contributed by atoms with E-state index in [1.54, 1.807) is 18.2 Å². The van der Waals surface area contributed by atoms with Crippen LogP contribution in [0.25, 0.3) is 0 Å². The number of hydrogen-bond donors (Lipinski definition) is 1. The Labute approximate surface area is 194 Å². The van der Waals surface area contributed by atoms with E-state index in [9.17, 15) is 13.2 Å². The van der Waals surface area contributed by atoms with Gasteiger partial charge in [-0.05, 0) is 55.3 Å². The summed E-state index contributed by atoms with van der Waals surface area (Å²) in [5.41, 5.74) is 2.62. The molecule has 2 aromatic carbocycles. The highest BCUT2D eigenvalue weighted by atomic mass is 35.5. The van der Waals surface area contributed by atoms with E-state index in [4.69, 9.17) is 16.3 Å². The number of likely N-dealkylation sites (tertiary alicyclic amines) is 1. The third-order valence-electron chi connectivity index (χ3n) is 5.84. The van der Waals surface area contributed by atoms with Crippen LogP contribution in [0.15, 0.2) is 42.5 Å². The fourth-order valence-electron chi connectivity index (χ4n) is 4.15. The summed E-state index contributed by atoms with van der Waals surface area (Å²) >= 11 is 6.06. The van der Waals surface area contributed by atoms with Gasteiger partial charge in [-0.25, -0.2) is 8.42 Å². The minimum absolute atomic E-state index is 0.134. The first-order chi connectivity index (χ1) is 15.3. The number of halogens is 1. The van der Waals surface area contributed by atoms with Crippen LogP contribution in [0.1, 0.15) is 30.4 Å². The molecule has 1 unspecified atom stereocenters. The number of sulfonamides is 1. The SMILES string of the molecule is CS(=O)(=O)N1CCC(C(=O)NCc2ccc(CN3CCCC3)cc2)Oc2ccc(Cl)cc21. The van der Waals surface area contributed by atoms with Crippen molar-refractivity contribution >= 4 is 33.2 Å². The lowest BCUT2D eigenvalue weighted by Crippen LogP contribution is -2.39. The van der Waals surface area contributed by atoms with Crippen molar-refractivity contribution in [2.75, 3.05) is 30.2 Å². The minimum Gasteiger partial charge on any atom is -0.478 e. The highest BCUT2D eigenvalue weighted by molar-refractivity contribution is 7.92. The molecule has 2 aliphatic rings. The normalized spacial score (nSPS) is 19.2. The summed E-state index contributed by atoms with van der Waals surface area (Å²) in [6.07, 6.45) is 3.11. The maximum absolute atomic E-state index is 12.8. The number of nitrogens with one attached hydrogen (secondary N) is 1. The van der Waals surface area contributed by atoms with E-state index in [2.05, 4.69) is 22.3 Å². The number of ether oxygens (including phenoxy) is 1. The molecule has 2 aromatic rings. The van der Waals surface area contributed by atoms with Crippen molar-refractivity contribution in [3.05, 3.63) is 58.6 Å². The van der Waals surface area contributed by atoms with Crippen LogP contribution in [-0.4, -0.2) is 51.2 Å². The first kappa shape index (κ1) is 22.9. The van der Waals surface area contributed by atoms with Crippen molar-refractivity contribution in [1.82, 2.24) is 10.2 Å². The number of carbonyl (C=O) groups excluding carboxylic acids is 1. The monoisotopic (exact) mass is 477 g/mol. The molecule has 0 aromatic heterocycles. The van der Waals surface area contributed by atoms with Gasteiger partial charge in [0.05, 0.1) is 11.9 Å². The Bertz CT molecular complexity index is 1070. The molecule has 2 aliphatic heterocycles. The van der Waals surface area contributed by atoms with Gasteiger partial charge >= 0.3 is 0 Å². The molecule has 1 saturated heterocycles.